The molecule has 126 valence electrons. The maximum absolute atomic E-state index is 11.5. The minimum absolute atomic E-state index is 0.0310. The highest BCUT2D eigenvalue weighted by molar-refractivity contribution is 5.75. The molecule has 0 radical (unpaired) electrons. The van der Waals surface area contributed by atoms with E-state index in [1.54, 1.807) is 0 Å². The largest absolute Gasteiger partial charge is 0.508 e. The first-order chi connectivity index (χ1) is 10.2. The van der Waals surface area contributed by atoms with Crippen molar-refractivity contribution < 1.29 is 44.3 Å². The molecular weight excluding hydrogens is 300 g/mol. The van der Waals surface area contributed by atoms with E-state index in [2.05, 4.69) is 4.74 Å². The lowest BCUT2D eigenvalue weighted by molar-refractivity contribution is -0.154. The molecule has 0 aromatic rings. The minimum Gasteiger partial charge on any atom is -0.481 e. The molecule has 0 bridgehead atoms. The van der Waals surface area contributed by atoms with E-state index in [1.807, 2.05) is 0 Å². The fourth-order valence-electron chi connectivity index (χ4n) is 2.03. The summed E-state index contributed by atoms with van der Waals surface area (Å²) in [4.78, 5) is 33.2. The molecule has 0 aromatic heterocycles. The van der Waals surface area contributed by atoms with Gasteiger partial charge >= 0.3 is 18.1 Å². The van der Waals surface area contributed by atoms with Gasteiger partial charge in [0.25, 0.3) is 0 Å². The topological polar surface area (TPSA) is 151 Å². The number of carboxylic acids is 2. The summed E-state index contributed by atoms with van der Waals surface area (Å²) in [6.07, 6.45) is -2.79. The highest BCUT2D eigenvalue weighted by Gasteiger charge is 2.37. The van der Waals surface area contributed by atoms with E-state index in [0.29, 0.717) is 0 Å². The Hall–Kier alpha value is -1.87. The van der Waals surface area contributed by atoms with Crippen LogP contribution in [0.2, 0.25) is 0 Å². The van der Waals surface area contributed by atoms with Gasteiger partial charge in [-0.15, -0.1) is 0 Å². The van der Waals surface area contributed by atoms with Crippen LogP contribution in [0.3, 0.4) is 0 Å². The molecule has 22 heavy (non-hydrogen) atoms. The molecule has 0 aromatic carbocycles. The molecule has 9 nitrogen and oxygen atoms in total. The SMILES string of the molecule is CC(CO)(COC(=O)OC1CCC(C(=O)O)CC1O)C(=O)O. The van der Waals surface area contributed by atoms with Gasteiger partial charge in [0, 0.05) is 0 Å². The number of carboxylic acid groups (broad SMARTS) is 2. The average molecular weight is 320 g/mol. The molecule has 0 heterocycles. The first kappa shape index (κ1) is 18.2. The third kappa shape index (κ3) is 4.57. The highest BCUT2D eigenvalue weighted by atomic mass is 16.7. The van der Waals surface area contributed by atoms with E-state index in [0.717, 1.165) is 0 Å². The molecule has 4 atom stereocenters. The minimum atomic E-state index is -1.64. The number of carbonyl (C=O) groups is 3. The highest BCUT2D eigenvalue weighted by Crippen LogP contribution is 2.27. The second-order valence-corrected chi connectivity index (χ2v) is 5.63. The number of ether oxygens (including phenoxy) is 2. The lowest BCUT2D eigenvalue weighted by Crippen LogP contribution is -2.41. The number of hydrogen-bond acceptors (Lipinski definition) is 7. The van der Waals surface area contributed by atoms with Crippen molar-refractivity contribution in [1.29, 1.82) is 0 Å². The zero-order valence-corrected chi connectivity index (χ0v) is 12.1. The molecular formula is C13H20O9. The van der Waals surface area contributed by atoms with Crippen molar-refractivity contribution in [1.82, 2.24) is 0 Å². The van der Waals surface area contributed by atoms with Gasteiger partial charge in [-0.05, 0) is 26.2 Å². The number of hydrogen-bond donors (Lipinski definition) is 4. The summed E-state index contributed by atoms with van der Waals surface area (Å²) in [5, 5.41) is 36.5. The average Bonchev–Trinajstić information content (AvgIpc) is 2.46. The van der Waals surface area contributed by atoms with Crippen LogP contribution in [0.1, 0.15) is 26.2 Å². The summed E-state index contributed by atoms with van der Waals surface area (Å²) in [6, 6.07) is 0. The maximum atomic E-state index is 11.5. The molecule has 1 aliphatic carbocycles. The molecule has 1 aliphatic rings. The zero-order chi connectivity index (χ0) is 16.9. The molecule has 0 amide bonds. The van der Waals surface area contributed by atoms with E-state index < -0.39 is 54.8 Å². The number of aliphatic hydroxyl groups excluding tert-OH is 2. The summed E-state index contributed by atoms with van der Waals surface area (Å²) >= 11 is 0. The lowest BCUT2D eigenvalue weighted by atomic mass is 9.85. The predicted molar refractivity (Wildman–Crippen MR) is 70.0 cm³/mol. The number of aliphatic hydroxyl groups is 2. The molecule has 4 unspecified atom stereocenters. The summed E-state index contributed by atoms with van der Waals surface area (Å²) in [5.41, 5.74) is -1.64. The van der Waals surface area contributed by atoms with E-state index in [9.17, 15) is 19.5 Å². The maximum Gasteiger partial charge on any atom is 0.508 e. The fraction of sp³-hybridized carbons (Fsp3) is 0.769. The van der Waals surface area contributed by atoms with Crippen molar-refractivity contribution in [3.05, 3.63) is 0 Å². The van der Waals surface area contributed by atoms with Gasteiger partial charge in [0.05, 0.1) is 18.6 Å². The van der Waals surface area contributed by atoms with Crippen LogP contribution in [0.25, 0.3) is 0 Å². The van der Waals surface area contributed by atoms with Gasteiger partial charge in [-0.25, -0.2) is 4.79 Å². The van der Waals surface area contributed by atoms with Gasteiger partial charge in [0.1, 0.15) is 18.1 Å². The van der Waals surface area contributed by atoms with E-state index >= 15 is 0 Å². The second-order valence-electron chi connectivity index (χ2n) is 5.63. The lowest BCUT2D eigenvalue weighted by Gasteiger charge is -2.30. The van der Waals surface area contributed by atoms with Crippen LogP contribution in [-0.2, 0) is 19.1 Å². The van der Waals surface area contributed by atoms with Crippen molar-refractivity contribution >= 4 is 18.1 Å². The summed E-state index contributed by atoms with van der Waals surface area (Å²) in [7, 11) is 0. The molecule has 1 saturated carbocycles. The Bertz CT molecular complexity index is 435. The van der Waals surface area contributed by atoms with Gasteiger partial charge in [-0.3, -0.25) is 9.59 Å². The van der Waals surface area contributed by atoms with Gasteiger partial charge in [-0.1, -0.05) is 0 Å². The Morgan fingerprint density at radius 2 is 1.86 bits per heavy atom. The Kier molecular flexibility index (Phi) is 6.12. The van der Waals surface area contributed by atoms with Crippen molar-refractivity contribution in [3.63, 3.8) is 0 Å². The standard InChI is InChI=1S/C13H20O9/c1-13(5-14,11(18)19)6-21-12(20)22-9-3-2-7(10(16)17)4-8(9)15/h7-9,14-15H,2-6H2,1H3,(H,16,17)(H,18,19). The first-order valence-corrected chi connectivity index (χ1v) is 6.78. The Labute approximate surface area is 126 Å². The van der Waals surface area contributed by atoms with Gasteiger partial charge in [0.15, 0.2) is 0 Å². The number of carbonyl (C=O) groups excluding carboxylic acids is 1. The van der Waals surface area contributed by atoms with Crippen LogP contribution in [0, 0.1) is 11.3 Å². The van der Waals surface area contributed by atoms with Crippen molar-refractivity contribution in [3.8, 4) is 0 Å². The Morgan fingerprint density at radius 3 is 2.32 bits per heavy atom. The Balaban J connectivity index is 2.46. The van der Waals surface area contributed by atoms with Gasteiger partial charge in [0.2, 0.25) is 0 Å². The quantitative estimate of drug-likeness (QED) is 0.489. The van der Waals surface area contributed by atoms with Crippen LogP contribution in [-0.4, -0.2) is 63.9 Å². The number of rotatable bonds is 6. The van der Waals surface area contributed by atoms with Crippen molar-refractivity contribution in [2.45, 2.75) is 38.4 Å². The zero-order valence-electron chi connectivity index (χ0n) is 12.1. The summed E-state index contributed by atoms with van der Waals surface area (Å²) in [5.74, 6) is -3.03. The van der Waals surface area contributed by atoms with E-state index in [1.165, 1.54) is 6.92 Å². The van der Waals surface area contributed by atoms with Crippen molar-refractivity contribution in [2.75, 3.05) is 13.2 Å². The third-order valence-corrected chi connectivity index (χ3v) is 3.73. The molecule has 1 rings (SSSR count). The van der Waals surface area contributed by atoms with Gasteiger partial charge in [-0.2, -0.15) is 0 Å². The molecule has 0 spiro atoms. The molecule has 0 saturated heterocycles. The summed E-state index contributed by atoms with van der Waals surface area (Å²) < 4.78 is 9.53. The molecule has 1 fully saturated rings. The fourth-order valence-corrected chi connectivity index (χ4v) is 2.03. The third-order valence-electron chi connectivity index (χ3n) is 3.73. The normalized spacial score (nSPS) is 27.5. The summed E-state index contributed by atoms with van der Waals surface area (Å²) in [6.45, 7) is -0.101. The van der Waals surface area contributed by atoms with Crippen LogP contribution in [0.15, 0.2) is 0 Å². The van der Waals surface area contributed by atoms with Crippen LogP contribution < -0.4 is 0 Å². The van der Waals surface area contributed by atoms with E-state index in [-0.39, 0.29) is 19.3 Å². The van der Waals surface area contributed by atoms with Crippen molar-refractivity contribution in [2.24, 2.45) is 11.3 Å². The first-order valence-electron chi connectivity index (χ1n) is 6.78. The van der Waals surface area contributed by atoms with Gasteiger partial charge < -0.3 is 29.9 Å². The van der Waals surface area contributed by atoms with Crippen LogP contribution in [0.4, 0.5) is 4.79 Å². The van der Waals surface area contributed by atoms with Crippen LogP contribution in [0.5, 0.6) is 0 Å². The second kappa shape index (κ2) is 7.41. The Morgan fingerprint density at radius 1 is 1.23 bits per heavy atom. The monoisotopic (exact) mass is 320 g/mol. The molecule has 0 aliphatic heterocycles. The number of aliphatic carboxylic acids is 2. The molecule has 4 N–H and O–H groups in total. The predicted octanol–water partition coefficient (Wildman–Crippen LogP) is -0.163. The van der Waals surface area contributed by atoms with Crippen LogP contribution >= 0.6 is 0 Å². The van der Waals surface area contributed by atoms with E-state index in [4.69, 9.17) is 20.1 Å². The smallest absolute Gasteiger partial charge is 0.481 e. The molecule has 9 heteroatoms.